The number of hydrogen-bond donors (Lipinski definition) is 2. The maximum absolute atomic E-state index is 11.8. The monoisotopic (exact) mass is 584 g/mol. The largest absolute Gasteiger partial charge is 0.506 e. The summed E-state index contributed by atoms with van der Waals surface area (Å²) in [7, 11) is 0. The number of nitrogens with zero attached hydrogens (tertiary/aromatic N) is 1. The summed E-state index contributed by atoms with van der Waals surface area (Å²) in [5, 5.41) is 14.3. The minimum Gasteiger partial charge on any atom is -0.506 e. The van der Waals surface area contributed by atoms with Crippen molar-refractivity contribution in [1.29, 1.82) is 0 Å². The minimum absolute atomic E-state index is 0.150. The molecule has 5 nitrogen and oxygen atoms in total. The first kappa shape index (κ1) is 20.2. The van der Waals surface area contributed by atoms with E-state index in [9.17, 15) is 9.90 Å². The maximum Gasteiger partial charge on any atom is 0.277 e. The zero-order chi connectivity index (χ0) is 18.6. The molecule has 0 aliphatic heterocycles. The second kappa shape index (κ2) is 9.04. The molecule has 0 saturated heterocycles. The molecule has 0 heterocycles. The quantitative estimate of drug-likeness (QED) is 0.311. The summed E-state index contributed by atoms with van der Waals surface area (Å²) in [5.74, 6) is 0.454. The van der Waals surface area contributed by atoms with Gasteiger partial charge in [0.25, 0.3) is 5.91 Å². The number of carbonyl (C=O) groups is 1. The molecule has 0 unspecified atom stereocenters. The Labute approximate surface area is 178 Å². The molecule has 8 heteroatoms. The summed E-state index contributed by atoms with van der Waals surface area (Å²) in [5.41, 5.74) is 4.97. The molecule has 2 N–H and O–H groups in total. The van der Waals surface area contributed by atoms with Gasteiger partial charge in [0.2, 0.25) is 0 Å². The predicted octanol–water partition coefficient (Wildman–Crippen LogP) is 4.40. The standard InChI is InChI=1S/C17H15ClI2N2O3/c1-9-3-12(4-10(2)16(9)18)25-8-15(23)22-21-7-11-5-13(19)17(24)14(20)6-11/h3-7,24H,8H2,1-2H3,(H,22,23)/b21-7+. The van der Waals surface area contributed by atoms with Crippen LogP contribution in [0.25, 0.3) is 0 Å². The van der Waals surface area contributed by atoms with E-state index in [0.29, 0.717) is 17.9 Å². The molecule has 0 fully saturated rings. The van der Waals surface area contributed by atoms with Crippen molar-refractivity contribution in [1.82, 2.24) is 5.43 Å². The highest BCUT2D eigenvalue weighted by molar-refractivity contribution is 14.1. The summed E-state index contributed by atoms with van der Waals surface area (Å²) in [4.78, 5) is 11.8. The molecule has 132 valence electrons. The number of rotatable bonds is 5. The second-order valence-electron chi connectivity index (χ2n) is 5.29. The van der Waals surface area contributed by atoms with Crippen LogP contribution in [-0.4, -0.2) is 23.8 Å². The van der Waals surface area contributed by atoms with E-state index in [4.69, 9.17) is 16.3 Å². The molecule has 0 aromatic heterocycles. The fourth-order valence-corrected chi connectivity index (χ4v) is 3.93. The summed E-state index contributed by atoms with van der Waals surface area (Å²) >= 11 is 10.2. The summed E-state index contributed by atoms with van der Waals surface area (Å²) < 4.78 is 6.89. The van der Waals surface area contributed by atoms with Gasteiger partial charge in [-0.3, -0.25) is 4.79 Å². The second-order valence-corrected chi connectivity index (χ2v) is 7.99. The highest BCUT2D eigenvalue weighted by Crippen LogP contribution is 2.27. The lowest BCUT2D eigenvalue weighted by molar-refractivity contribution is -0.123. The van der Waals surface area contributed by atoms with Gasteiger partial charge in [-0.05, 0) is 100.0 Å². The van der Waals surface area contributed by atoms with Gasteiger partial charge in [-0.25, -0.2) is 5.43 Å². The SMILES string of the molecule is Cc1cc(OCC(=O)N/N=C/c2cc(I)c(O)c(I)c2)cc(C)c1Cl. The number of hydrazone groups is 1. The number of benzene rings is 2. The first-order valence-electron chi connectivity index (χ1n) is 7.17. The molecule has 1 amide bonds. The van der Waals surface area contributed by atoms with E-state index in [0.717, 1.165) is 16.7 Å². The van der Waals surface area contributed by atoms with Gasteiger partial charge in [0, 0.05) is 5.02 Å². The average Bonchev–Trinajstić information content (AvgIpc) is 2.55. The van der Waals surface area contributed by atoms with Crippen LogP contribution >= 0.6 is 56.8 Å². The van der Waals surface area contributed by atoms with Gasteiger partial charge in [0.15, 0.2) is 6.61 Å². The van der Waals surface area contributed by atoms with E-state index in [2.05, 4.69) is 10.5 Å². The third-order valence-corrected chi connectivity index (χ3v) is 5.46. The third-order valence-electron chi connectivity index (χ3n) is 3.22. The fraction of sp³-hybridized carbons (Fsp3) is 0.176. The fourth-order valence-electron chi connectivity index (χ4n) is 2.01. The Balaban J connectivity index is 1.91. The molecule has 0 spiro atoms. The number of amides is 1. The van der Waals surface area contributed by atoms with Gasteiger partial charge in [-0.2, -0.15) is 5.10 Å². The van der Waals surface area contributed by atoms with Crippen molar-refractivity contribution in [2.75, 3.05) is 6.61 Å². The van der Waals surface area contributed by atoms with E-state index in [1.165, 1.54) is 6.21 Å². The molecule has 0 aliphatic rings. The normalized spacial score (nSPS) is 10.9. The van der Waals surface area contributed by atoms with Crippen molar-refractivity contribution in [2.45, 2.75) is 13.8 Å². The van der Waals surface area contributed by atoms with E-state index >= 15 is 0 Å². The molecule has 2 aromatic rings. The topological polar surface area (TPSA) is 70.9 Å². The predicted molar refractivity (Wildman–Crippen MR) is 116 cm³/mol. The van der Waals surface area contributed by atoms with Crippen molar-refractivity contribution in [3.63, 3.8) is 0 Å². The van der Waals surface area contributed by atoms with Crippen molar-refractivity contribution in [2.24, 2.45) is 5.10 Å². The van der Waals surface area contributed by atoms with Gasteiger partial charge in [0.05, 0.1) is 13.4 Å². The number of phenols is 1. The molecule has 2 rings (SSSR count). The van der Waals surface area contributed by atoms with Crippen molar-refractivity contribution >= 4 is 68.9 Å². The van der Waals surface area contributed by atoms with Crippen molar-refractivity contribution < 1.29 is 14.6 Å². The van der Waals surface area contributed by atoms with Crippen LogP contribution in [0.3, 0.4) is 0 Å². The number of phenolic OH excluding ortho intramolecular Hbond substituents is 1. The summed E-state index contributed by atoms with van der Waals surface area (Å²) in [6.07, 6.45) is 1.51. The summed E-state index contributed by atoms with van der Waals surface area (Å²) in [6.45, 7) is 3.61. The number of aromatic hydroxyl groups is 1. The highest BCUT2D eigenvalue weighted by Gasteiger charge is 2.07. The van der Waals surface area contributed by atoms with Crippen LogP contribution in [0.4, 0.5) is 0 Å². The van der Waals surface area contributed by atoms with E-state index in [1.54, 1.807) is 24.3 Å². The molecule has 0 saturated carbocycles. The van der Waals surface area contributed by atoms with E-state index in [-0.39, 0.29) is 18.3 Å². The van der Waals surface area contributed by atoms with Gasteiger partial charge in [-0.1, -0.05) is 11.6 Å². The molecule has 0 bridgehead atoms. The molecular formula is C17H15ClI2N2O3. The molecule has 0 radical (unpaired) electrons. The maximum atomic E-state index is 11.8. The van der Waals surface area contributed by atoms with Gasteiger partial charge < -0.3 is 9.84 Å². The van der Waals surface area contributed by atoms with E-state index < -0.39 is 0 Å². The lowest BCUT2D eigenvalue weighted by atomic mass is 10.1. The highest BCUT2D eigenvalue weighted by atomic mass is 127. The first-order valence-corrected chi connectivity index (χ1v) is 9.71. The van der Waals surface area contributed by atoms with Crippen molar-refractivity contribution in [3.8, 4) is 11.5 Å². The van der Waals surface area contributed by atoms with Crippen LogP contribution in [-0.2, 0) is 4.79 Å². The van der Waals surface area contributed by atoms with Crippen LogP contribution in [0.2, 0.25) is 5.02 Å². The average molecular weight is 585 g/mol. The zero-order valence-corrected chi connectivity index (χ0v) is 18.5. The lowest BCUT2D eigenvalue weighted by Crippen LogP contribution is -2.24. The Kier molecular flexibility index (Phi) is 7.32. The number of ether oxygens (including phenoxy) is 1. The molecule has 0 atom stereocenters. The van der Waals surface area contributed by atoms with Gasteiger partial charge >= 0.3 is 0 Å². The van der Waals surface area contributed by atoms with Crippen LogP contribution in [0.5, 0.6) is 11.5 Å². The number of carbonyl (C=O) groups excluding carboxylic acids is 1. The zero-order valence-electron chi connectivity index (χ0n) is 13.4. The molecule has 2 aromatic carbocycles. The number of aryl methyl sites for hydroxylation is 2. The molecular weight excluding hydrogens is 569 g/mol. The Bertz CT molecular complexity index is 795. The minimum atomic E-state index is -0.371. The number of halogens is 3. The number of hydrogen-bond acceptors (Lipinski definition) is 4. The van der Waals surface area contributed by atoms with Crippen molar-refractivity contribution in [3.05, 3.63) is 53.1 Å². The lowest BCUT2D eigenvalue weighted by Gasteiger charge is -2.09. The van der Waals surface area contributed by atoms with Gasteiger partial charge in [0.1, 0.15) is 11.5 Å². The van der Waals surface area contributed by atoms with Crippen LogP contribution < -0.4 is 10.2 Å². The third kappa shape index (κ3) is 5.71. The Hall–Kier alpha value is -1.07. The van der Waals surface area contributed by atoms with Gasteiger partial charge in [-0.15, -0.1) is 0 Å². The van der Waals surface area contributed by atoms with E-state index in [1.807, 2.05) is 59.0 Å². The molecule has 0 aliphatic carbocycles. The van der Waals surface area contributed by atoms with Crippen LogP contribution in [0.15, 0.2) is 29.4 Å². The Morgan fingerprint density at radius 1 is 1.24 bits per heavy atom. The Morgan fingerprint density at radius 3 is 2.36 bits per heavy atom. The van der Waals surface area contributed by atoms with Crippen LogP contribution in [0.1, 0.15) is 16.7 Å². The Morgan fingerprint density at radius 2 is 1.80 bits per heavy atom. The first-order chi connectivity index (χ1) is 11.8. The molecule has 25 heavy (non-hydrogen) atoms. The summed E-state index contributed by atoms with van der Waals surface area (Å²) in [6, 6.07) is 7.10. The number of nitrogens with one attached hydrogen (secondary N) is 1. The van der Waals surface area contributed by atoms with Crippen LogP contribution in [0, 0.1) is 21.0 Å². The smallest absolute Gasteiger partial charge is 0.277 e.